The third kappa shape index (κ3) is 4.85. The molecular formula is C26H29FN8O3. The number of tetrazole rings is 1. The van der Waals surface area contributed by atoms with Gasteiger partial charge in [-0.05, 0) is 66.3 Å². The highest BCUT2D eigenvalue weighted by atomic mass is 19.1. The van der Waals surface area contributed by atoms with Crippen LogP contribution >= 0.6 is 0 Å². The summed E-state index contributed by atoms with van der Waals surface area (Å²) in [6.07, 6.45) is 5.11. The van der Waals surface area contributed by atoms with Gasteiger partial charge in [0, 0.05) is 51.7 Å². The van der Waals surface area contributed by atoms with Crippen molar-refractivity contribution in [3.8, 4) is 5.69 Å². The topological polar surface area (TPSA) is 126 Å². The lowest BCUT2D eigenvalue weighted by atomic mass is 10.0. The first-order chi connectivity index (χ1) is 18.3. The van der Waals surface area contributed by atoms with E-state index in [1.807, 2.05) is 6.07 Å². The molecule has 11 nitrogen and oxygen atoms in total. The van der Waals surface area contributed by atoms with Crippen LogP contribution in [0.25, 0.3) is 5.69 Å². The van der Waals surface area contributed by atoms with Crippen molar-refractivity contribution in [2.75, 3.05) is 26.7 Å². The number of hydrogen-bond acceptors (Lipinski definition) is 7. The molecule has 1 aliphatic heterocycles. The van der Waals surface area contributed by atoms with Crippen LogP contribution in [-0.4, -0.2) is 79.4 Å². The molecule has 5 rings (SSSR count). The third-order valence-electron chi connectivity index (χ3n) is 7.31. The Morgan fingerprint density at radius 3 is 2.68 bits per heavy atom. The molecular weight excluding hydrogens is 491 g/mol. The molecule has 1 saturated carbocycles. The summed E-state index contributed by atoms with van der Waals surface area (Å²) in [5, 5.41) is 13.8. The van der Waals surface area contributed by atoms with E-state index in [9.17, 15) is 14.4 Å². The van der Waals surface area contributed by atoms with Crippen LogP contribution < -0.4 is 5.32 Å². The van der Waals surface area contributed by atoms with Crippen LogP contribution in [0.3, 0.4) is 0 Å². The number of amides is 3. The van der Waals surface area contributed by atoms with Crippen LogP contribution in [0.2, 0.25) is 0 Å². The lowest BCUT2D eigenvalue weighted by Crippen LogP contribution is -2.44. The maximum absolute atomic E-state index is 15.2. The summed E-state index contributed by atoms with van der Waals surface area (Å²) in [6, 6.07) is 7.92. The number of nitrogens with one attached hydrogen (secondary N) is 1. The summed E-state index contributed by atoms with van der Waals surface area (Å²) in [4.78, 5) is 46.5. The highest BCUT2D eigenvalue weighted by Crippen LogP contribution is 2.48. The van der Waals surface area contributed by atoms with Gasteiger partial charge in [0.1, 0.15) is 11.2 Å². The van der Waals surface area contributed by atoms with Gasteiger partial charge in [-0.2, -0.15) is 4.68 Å². The lowest BCUT2D eigenvalue weighted by molar-refractivity contribution is -0.143. The van der Waals surface area contributed by atoms with Gasteiger partial charge in [-0.3, -0.25) is 19.4 Å². The van der Waals surface area contributed by atoms with Crippen molar-refractivity contribution in [2.45, 2.75) is 32.7 Å². The number of halogens is 1. The fourth-order valence-corrected chi connectivity index (χ4v) is 5.06. The molecule has 198 valence electrons. The van der Waals surface area contributed by atoms with Crippen molar-refractivity contribution >= 4 is 17.7 Å². The van der Waals surface area contributed by atoms with Crippen LogP contribution in [0.15, 0.2) is 42.7 Å². The molecule has 0 bridgehead atoms. The Morgan fingerprint density at radius 1 is 1.24 bits per heavy atom. The second-order valence-electron chi connectivity index (χ2n) is 9.92. The number of carbonyl (C=O) groups excluding carboxylic acids is 3. The summed E-state index contributed by atoms with van der Waals surface area (Å²) < 4.78 is 16.6. The molecule has 2 aliphatic rings. The highest BCUT2D eigenvalue weighted by Gasteiger charge is 2.58. The van der Waals surface area contributed by atoms with Crippen molar-refractivity contribution in [1.82, 2.24) is 40.3 Å². The van der Waals surface area contributed by atoms with Crippen LogP contribution in [0.4, 0.5) is 4.39 Å². The number of carbonyl (C=O) groups is 3. The van der Waals surface area contributed by atoms with Crippen LogP contribution in [0, 0.1) is 24.1 Å². The largest absolute Gasteiger partial charge is 0.358 e. The summed E-state index contributed by atoms with van der Waals surface area (Å²) in [5.41, 5.74) is 0.212. The van der Waals surface area contributed by atoms with Crippen molar-refractivity contribution < 1.29 is 18.8 Å². The summed E-state index contributed by atoms with van der Waals surface area (Å²) in [7, 11) is 1.54. The molecule has 1 N–H and O–H groups in total. The van der Waals surface area contributed by atoms with Crippen LogP contribution in [0.1, 0.15) is 41.0 Å². The molecule has 0 spiro atoms. The molecule has 3 aromatic rings. The molecule has 2 fully saturated rings. The summed E-state index contributed by atoms with van der Waals surface area (Å²) >= 11 is 0. The zero-order valence-corrected chi connectivity index (χ0v) is 21.3. The monoisotopic (exact) mass is 520 g/mol. The first kappa shape index (κ1) is 25.4. The van der Waals surface area contributed by atoms with Gasteiger partial charge in [0.05, 0.1) is 11.3 Å². The van der Waals surface area contributed by atoms with Gasteiger partial charge in [0.15, 0.2) is 5.82 Å². The zero-order chi connectivity index (χ0) is 26.9. The molecule has 0 radical (unpaired) electrons. The van der Waals surface area contributed by atoms with Gasteiger partial charge in [-0.1, -0.05) is 6.07 Å². The van der Waals surface area contributed by atoms with Gasteiger partial charge in [0.2, 0.25) is 11.8 Å². The number of benzene rings is 1. The van der Waals surface area contributed by atoms with E-state index >= 15 is 4.39 Å². The number of aromatic nitrogens is 5. The summed E-state index contributed by atoms with van der Waals surface area (Å²) in [5.74, 6) is -1.04. The number of pyridine rings is 1. The average Bonchev–Trinajstić information content (AvgIpc) is 3.42. The van der Waals surface area contributed by atoms with E-state index < -0.39 is 17.1 Å². The van der Waals surface area contributed by atoms with E-state index in [0.717, 1.165) is 5.56 Å². The maximum Gasteiger partial charge on any atom is 0.257 e. The normalized spacial score (nSPS) is 17.8. The molecule has 1 unspecified atom stereocenters. The Bertz CT molecular complexity index is 1360. The third-order valence-corrected chi connectivity index (χ3v) is 7.31. The molecule has 3 amide bonds. The Labute approximate surface area is 219 Å². The minimum absolute atomic E-state index is 0.00809. The van der Waals surface area contributed by atoms with Gasteiger partial charge in [-0.15, -0.1) is 5.10 Å². The van der Waals surface area contributed by atoms with Crippen molar-refractivity contribution in [2.24, 2.45) is 11.3 Å². The van der Waals surface area contributed by atoms with E-state index in [1.165, 1.54) is 16.8 Å². The Hall–Kier alpha value is -4.22. The molecule has 1 aromatic carbocycles. The molecule has 1 atom stereocenters. The summed E-state index contributed by atoms with van der Waals surface area (Å²) in [6.45, 7) is 3.23. The van der Waals surface area contributed by atoms with Crippen molar-refractivity contribution in [3.05, 3.63) is 65.5 Å². The molecule has 2 aromatic heterocycles. The molecule has 3 heterocycles. The van der Waals surface area contributed by atoms with Gasteiger partial charge in [-0.25, -0.2) is 4.39 Å². The van der Waals surface area contributed by atoms with Crippen LogP contribution in [0.5, 0.6) is 0 Å². The Kier molecular flexibility index (Phi) is 6.87. The van der Waals surface area contributed by atoms with E-state index in [-0.39, 0.29) is 29.8 Å². The maximum atomic E-state index is 15.2. The Balaban J connectivity index is 1.34. The fraction of sp³-hybridized carbons (Fsp3) is 0.423. The zero-order valence-electron chi connectivity index (χ0n) is 21.3. The van der Waals surface area contributed by atoms with E-state index in [1.54, 1.807) is 48.3 Å². The minimum Gasteiger partial charge on any atom is -0.358 e. The molecule has 1 saturated heterocycles. The SMILES string of the molecule is CNC(=O)C1(C(=O)N2CCC(CN(Cc3cccnc3)C(=O)c3ccc(-n4nnnc4C)cc3F)C2)CC1. The number of rotatable bonds is 8. The predicted molar refractivity (Wildman–Crippen MR) is 133 cm³/mol. The van der Waals surface area contributed by atoms with E-state index in [0.29, 0.717) is 50.4 Å². The second kappa shape index (κ2) is 10.3. The van der Waals surface area contributed by atoms with Gasteiger partial charge < -0.3 is 15.1 Å². The minimum atomic E-state index is -0.947. The van der Waals surface area contributed by atoms with E-state index in [2.05, 4.69) is 25.8 Å². The van der Waals surface area contributed by atoms with Gasteiger partial charge in [0.25, 0.3) is 5.91 Å². The van der Waals surface area contributed by atoms with Crippen LogP contribution in [-0.2, 0) is 16.1 Å². The fourth-order valence-electron chi connectivity index (χ4n) is 5.06. The number of nitrogens with zero attached hydrogens (tertiary/aromatic N) is 7. The number of aryl methyl sites for hydroxylation is 1. The van der Waals surface area contributed by atoms with Crippen molar-refractivity contribution in [1.29, 1.82) is 0 Å². The standard InChI is InChI=1S/C26H29FN8O3/c1-17-30-31-32-35(17)20-5-6-21(22(27)12-20)23(36)34(14-18-4-3-10-29-13-18)16-19-7-11-33(15-19)25(38)26(8-9-26)24(37)28-2/h3-6,10,12-13,19H,7-9,11,14-16H2,1-2H3,(H,28,37). The second-order valence-corrected chi connectivity index (χ2v) is 9.92. The predicted octanol–water partition coefficient (Wildman–Crippen LogP) is 1.52. The lowest BCUT2D eigenvalue weighted by Gasteiger charge is -2.27. The molecule has 1 aliphatic carbocycles. The first-order valence-electron chi connectivity index (χ1n) is 12.6. The Morgan fingerprint density at radius 2 is 2.05 bits per heavy atom. The highest BCUT2D eigenvalue weighted by molar-refractivity contribution is 6.07. The van der Waals surface area contributed by atoms with E-state index in [4.69, 9.17) is 0 Å². The quantitative estimate of drug-likeness (QED) is 0.446. The number of hydrogen-bond donors (Lipinski definition) is 1. The van der Waals surface area contributed by atoms with Crippen molar-refractivity contribution in [3.63, 3.8) is 0 Å². The van der Waals surface area contributed by atoms with Gasteiger partial charge >= 0.3 is 0 Å². The first-order valence-corrected chi connectivity index (χ1v) is 12.6. The molecule has 12 heteroatoms. The smallest absolute Gasteiger partial charge is 0.257 e. The average molecular weight is 521 g/mol. The number of likely N-dealkylation sites (tertiary alicyclic amines) is 1. The molecule has 38 heavy (non-hydrogen) atoms.